The van der Waals surface area contributed by atoms with Crippen LogP contribution >= 0.6 is 0 Å². The van der Waals surface area contributed by atoms with Crippen molar-refractivity contribution in [3.8, 4) is 0 Å². The van der Waals surface area contributed by atoms with Crippen LogP contribution in [0.2, 0.25) is 0 Å². The topological polar surface area (TPSA) is 3.24 Å². The Morgan fingerprint density at radius 3 is 1.27 bits per heavy atom. The van der Waals surface area contributed by atoms with E-state index < -0.39 is 5.92 Å². The maximum Gasteiger partial charge on any atom is 0.272 e. The molecule has 0 aromatic heterocycles. The van der Waals surface area contributed by atoms with E-state index in [-0.39, 0.29) is 13.1 Å². The number of alkyl halides is 2. The van der Waals surface area contributed by atoms with Gasteiger partial charge in [0.1, 0.15) is 0 Å². The van der Waals surface area contributed by atoms with Crippen LogP contribution in [-0.4, -0.2) is 31.0 Å². The van der Waals surface area contributed by atoms with Crippen molar-refractivity contribution >= 4 is 0 Å². The van der Waals surface area contributed by atoms with Crippen molar-refractivity contribution < 1.29 is 8.78 Å². The third-order valence-electron chi connectivity index (χ3n) is 1.00. The summed E-state index contributed by atoms with van der Waals surface area (Å²) in [7, 11) is 1.68. The van der Waals surface area contributed by atoms with Crippen LogP contribution in [0.1, 0.15) is 27.7 Å². The normalized spacial score (nSPS) is 19.9. The molecule has 70 valence electrons. The largest absolute Gasteiger partial charge is 0.295 e. The van der Waals surface area contributed by atoms with Crippen LogP contribution in [0.25, 0.3) is 0 Å². The van der Waals surface area contributed by atoms with Crippen LogP contribution in [0.3, 0.4) is 0 Å². The Bertz CT molecular complexity index is 76.2. The van der Waals surface area contributed by atoms with Crippen LogP contribution in [0.5, 0.6) is 0 Å². The average Bonchev–Trinajstić information content (AvgIpc) is 1.93. The summed E-state index contributed by atoms with van der Waals surface area (Å²) >= 11 is 0. The first-order valence-electron chi connectivity index (χ1n) is 4.16. The van der Waals surface area contributed by atoms with Crippen LogP contribution in [0, 0.1) is 0 Å². The minimum atomic E-state index is -2.38. The summed E-state index contributed by atoms with van der Waals surface area (Å²) < 4.78 is 23.5. The Balaban J connectivity index is 0. The molecule has 0 spiro atoms. The summed E-state index contributed by atoms with van der Waals surface area (Å²) in [5.74, 6) is -2.38. The lowest BCUT2D eigenvalue weighted by Gasteiger charge is -2.35. The third-order valence-corrected chi connectivity index (χ3v) is 1.00. The molecule has 0 saturated carbocycles. The SMILES string of the molecule is CC.CC.CN1CC(F)(F)C1. The van der Waals surface area contributed by atoms with Gasteiger partial charge in [-0.2, -0.15) is 0 Å². The van der Waals surface area contributed by atoms with Crippen molar-refractivity contribution in [2.75, 3.05) is 20.1 Å². The minimum absolute atomic E-state index is 0.0625. The molecule has 1 heterocycles. The molecule has 1 aliphatic rings. The molecule has 1 saturated heterocycles. The van der Waals surface area contributed by atoms with Crippen LogP contribution in [0.15, 0.2) is 0 Å². The highest BCUT2D eigenvalue weighted by Gasteiger charge is 2.41. The first kappa shape index (κ1) is 13.4. The molecule has 11 heavy (non-hydrogen) atoms. The Hall–Kier alpha value is -0.180. The second-order valence-electron chi connectivity index (χ2n) is 2.03. The molecule has 0 aromatic rings. The molecule has 0 amide bonds. The van der Waals surface area contributed by atoms with Gasteiger partial charge in [0.15, 0.2) is 0 Å². The maximum absolute atomic E-state index is 11.7. The number of nitrogens with zero attached hydrogens (tertiary/aromatic N) is 1. The van der Waals surface area contributed by atoms with Gasteiger partial charge in [0.05, 0.1) is 13.1 Å². The zero-order chi connectivity index (χ0) is 9.49. The number of halogens is 2. The number of rotatable bonds is 0. The monoisotopic (exact) mass is 167 g/mol. The van der Waals surface area contributed by atoms with Crippen LogP contribution in [0.4, 0.5) is 8.78 Å². The van der Waals surface area contributed by atoms with Gasteiger partial charge in [-0.1, -0.05) is 27.7 Å². The molecule has 1 aliphatic heterocycles. The second-order valence-corrected chi connectivity index (χ2v) is 2.03. The standard InChI is InChI=1S/C4H7F2N.2C2H6/c1-7-2-4(5,6)3-7;2*1-2/h2-3H2,1H3;2*1-2H3. The van der Waals surface area contributed by atoms with Gasteiger partial charge in [0.2, 0.25) is 0 Å². The molecular formula is C8H19F2N. The van der Waals surface area contributed by atoms with E-state index >= 15 is 0 Å². The predicted octanol–water partition coefficient (Wildman–Crippen LogP) is 2.62. The lowest BCUT2D eigenvalue weighted by Crippen LogP contribution is -2.53. The fraction of sp³-hybridized carbons (Fsp3) is 1.00. The molecular weight excluding hydrogens is 148 g/mol. The van der Waals surface area contributed by atoms with Gasteiger partial charge in [0, 0.05) is 0 Å². The number of hydrogen-bond donors (Lipinski definition) is 0. The third kappa shape index (κ3) is 6.23. The van der Waals surface area contributed by atoms with Crippen molar-refractivity contribution in [1.82, 2.24) is 4.90 Å². The fourth-order valence-corrected chi connectivity index (χ4v) is 0.743. The van der Waals surface area contributed by atoms with Crippen LogP contribution in [-0.2, 0) is 0 Å². The van der Waals surface area contributed by atoms with Crippen molar-refractivity contribution in [3.05, 3.63) is 0 Å². The lowest BCUT2D eigenvalue weighted by atomic mass is 10.2. The quantitative estimate of drug-likeness (QED) is 0.536. The van der Waals surface area contributed by atoms with E-state index in [2.05, 4.69) is 0 Å². The molecule has 3 heteroatoms. The van der Waals surface area contributed by atoms with Gasteiger partial charge in [-0.15, -0.1) is 0 Å². The molecule has 0 radical (unpaired) electrons. The summed E-state index contributed by atoms with van der Waals surface area (Å²) in [5.41, 5.74) is 0. The Kier molecular flexibility index (Phi) is 7.96. The van der Waals surface area contributed by atoms with Gasteiger partial charge in [0.25, 0.3) is 5.92 Å². The second kappa shape index (κ2) is 6.53. The highest BCUT2D eigenvalue weighted by atomic mass is 19.3. The summed E-state index contributed by atoms with van der Waals surface area (Å²) in [4.78, 5) is 1.58. The van der Waals surface area contributed by atoms with E-state index in [4.69, 9.17) is 0 Å². The van der Waals surface area contributed by atoms with Gasteiger partial charge in [-0.05, 0) is 7.05 Å². The van der Waals surface area contributed by atoms with Crippen molar-refractivity contribution in [2.24, 2.45) is 0 Å². The highest BCUT2D eigenvalue weighted by molar-refractivity contribution is 4.83. The number of hydrogen-bond acceptors (Lipinski definition) is 1. The highest BCUT2D eigenvalue weighted by Crippen LogP contribution is 2.23. The summed E-state index contributed by atoms with van der Waals surface area (Å²) in [6.07, 6.45) is 0. The van der Waals surface area contributed by atoms with E-state index in [1.54, 1.807) is 11.9 Å². The van der Waals surface area contributed by atoms with E-state index in [1.807, 2.05) is 27.7 Å². The molecule has 1 rings (SSSR count). The van der Waals surface area contributed by atoms with Gasteiger partial charge in [-0.3, -0.25) is 4.90 Å². The average molecular weight is 167 g/mol. The molecule has 1 fully saturated rings. The molecule has 0 aromatic carbocycles. The first-order valence-corrected chi connectivity index (χ1v) is 4.16. The first-order chi connectivity index (χ1) is 5.10. The van der Waals surface area contributed by atoms with E-state index in [1.165, 1.54) is 0 Å². The fourth-order valence-electron chi connectivity index (χ4n) is 0.743. The zero-order valence-electron chi connectivity index (χ0n) is 8.12. The van der Waals surface area contributed by atoms with Crippen molar-refractivity contribution in [3.63, 3.8) is 0 Å². The van der Waals surface area contributed by atoms with Gasteiger partial charge >= 0.3 is 0 Å². The summed E-state index contributed by atoms with van der Waals surface area (Å²) in [5, 5.41) is 0. The molecule has 0 aliphatic carbocycles. The molecule has 1 nitrogen and oxygen atoms in total. The minimum Gasteiger partial charge on any atom is -0.295 e. The lowest BCUT2D eigenvalue weighted by molar-refractivity contribution is -0.119. The van der Waals surface area contributed by atoms with Gasteiger partial charge in [-0.25, -0.2) is 8.78 Å². The number of likely N-dealkylation sites (tertiary alicyclic amines) is 1. The van der Waals surface area contributed by atoms with E-state index in [9.17, 15) is 8.78 Å². The zero-order valence-corrected chi connectivity index (χ0v) is 8.12. The predicted molar refractivity (Wildman–Crippen MR) is 45.1 cm³/mol. The van der Waals surface area contributed by atoms with Crippen molar-refractivity contribution in [2.45, 2.75) is 33.6 Å². The smallest absolute Gasteiger partial charge is 0.272 e. The maximum atomic E-state index is 11.7. The summed E-state index contributed by atoms with van der Waals surface area (Å²) in [6, 6.07) is 0. The van der Waals surface area contributed by atoms with E-state index in [0.717, 1.165) is 0 Å². The molecule has 0 unspecified atom stereocenters. The van der Waals surface area contributed by atoms with Gasteiger partial charge < -0.3 is 0 Å². The van der Waals surface area contributed by atoms with E-state index in [0.29, 0.717) is 0 Å². The summed E-state index contributed by atoms with van der Waals surface area (Å²) in [6.45, 7) is 7.88. The Morgan fingerprint density at radius 1 is 1.00 bits per heavy atom. The molecule has 0 bridgehead atoms. The Labute approximate surface area is 68.4 Å². The Morgan fingerprint density at radius 2 is 1.27 bits per heavy atom. The molecule has 0 N–H and O–H groups in total. The van der Waals surface area contributed by atoms with Crippen LogP contribution < -0.4 is 0 Å². The van der Waals surface area contributed by atoms with Crippen molar-refractivity contribution in [1.29, 1.82) is 0 Å². The molecule has 0 atom stereocenters.